The third-order valence-corrected chi connectivity index (χ3v) is 4.06. The number of hydrogen-bond acceptors (Lipinski definition) is 6. The summed E-state index contributed by atoms with van der Waals surface area (Å²) in [5.41, 5.74) is -0.694. The fourth-order valence-corrected chi connectivity index (χ4v) is 2.41. The summed E-state index contributed by atoms with van der Waals surface area (Å²) in [5, 5.41) is 30.0. The van der Waals surface area contributed by atoms with Crippen LogP contribution in [-0.4, -0.2) is 39.9 Å². The van der Waals surface area contributed by atoms with Crippen molar-refractivity contribution in [2.75, 3.05) is 5.32 Å². The molecule has 9 heteroatoms. The summed E-state index contributed by atoms with van der Waals surface area (Å²) in [4.78, 5) is 28.5. The van der Waals surface area contributed by atoms with Crippen LogP contribution < -0.4 is 10.6 Å². The summed E-state index contributed by atoms with van der Waals surface area (Å²) in [6, 6.07) is 7.32. The average Bonchev–Trinajstić information content (AvgIpc) is 2.68. The van der Waals surface area contributed by atoms with Crippen LogP contribution in [0.15, 0.2) is 49.2 Å². The van der Waals surface area contributed by atoms with Gasteiger partial charge in [-0.05, 0) is 24.3 Å². The van der Waals surface area contributed by atoms with Gasteiger partial charge in [0.1, 0.15) is 17.0 Å². The van der Waals surface area contributed by atoms with Gasteiger partial charge in [-0.1, -0.05) is 30.3 Å². The van der Waals surface area contributed by atoms with Gasteiger partial charge in [0.05, 0.1) is 6.42 Å². The van der Waals surface area contributed by atoms with Gasteiger partial charge in [-0.25, -0.2) is 0 Å². The van der Waals surface area contributed by atoms with Gasteiger partial charge < -0.3 is 26.6 Å². The zero-order chi connectivity index (χ0) is 20.7. The summed E-state index contributed by atoms with van der Waals surface area (Å²) in [5.74, 6) is -1.13. The number of rotatable bonds is 8. The largest absolute Gasteiger partial charge is 0.508 e. The Kier molecular flexibility index (Phi) is 6.62. The SMILES string of the molecule is C=CC(C=N)(C=N)NC(=O)c1cc(NC(=O)Cc2ccc(Cl)cc2O)ccn1. The number of amides is 2. The molecule has 0 spiro atoms. The zero-order valence-electron chi connectivity index (χ0n) is 14.7. The number of aromatic nitrogens is 1. The maximum absolute atomic E-state index is 12.4. The molecule has 0 aliphatic heterocycles. The normalized spacial score (nSPS) is 12.3. The number of aromatic hydroxyl groups is 1. The monoisotopic (exact) mass is 399 g/mol. The first kappa shape index (κ1) is 20.8. The fraction of sp³-hybridized carbons (Fsp3) is 0.105. The number of halogens is 1. The highest BCUT2D eigenvalue weighted by atomic mass is 35.5. The third kappa shape index (κ3) is 5.01. The predicted molar refractivity (Wildman–Crippen MR) is 108 cm³/mol. The van der Waals surface area contributed by atoms with Gasteiger partial charge in [0, 0.05) is 34.9 Å². The van der Waals surface area contributed by atoms with E-state index >= 15 is 0 Å². The van der Waals surface area contributed by atoms with Crippen molar-refractivity contribution in [2.45, 2.75) is 12.0 Å². The number of anilines is 1. The maximum Gasteiger partial charge on any atom is 0.271 e. The number of benzene rings is 1. The van der Waals surface area contributed by atoms with Gasteiger partial charge in [-0.2, -0.15) is 0 Å². The first-order valence-corrected chi connectivity index (χ1v) is 8.43. The number of pyridine rings is 1. The number of nitrogens with zero attached hydrogens (tertiary/aromatic N) is 1. The molecule has 0 saturated heterocycles. The van der Waals surface area contributed by atoms with Crippen LogP contribution in [0.25, 0.3) is 0 Å². The Labute approximate surface area is 166 Å². The Morgan fingerprint density at radius 3 is 2.57 bits per heavy atom. The van der Waals surface area contributed by atoms with Crippen LogP contribution in [0.5, 0.6) is 5.75 Å². The van der Waals surface area contributed by atoms with Gasteiger partial charge in [0.2, 0.25) is 5.91 Å². The molecular formula is C19H18ClN5O3. The molecule has 0 aliphatic rings. The standard InChI is InChI=1S/C19H18ClN5O3/c1-2-19(10-21,11-22)25-18(28)15-9-14(5-6-23-15)24-17(27)7-12-3-4-13(20)8-16(12)26/h2-6,8-11,21-22,26H,1,7H2,(H,25,28)(H,23,24,27). The fourth-order valence-electron chi connectivity index (χ4n) is 2.24. The lowest BCUT2D eigenvalue weighted by molar-refractivity contribution is -0.115. The minimum absolute atomic E-state index is 0.0120. The molecule has 0 fully saturated rings. The van der Waals surface area contributed by atoms with Crippen LogP contribution in [0.2, 0.25) is 5.02 Å². The molecule has 0 radical (unpaired) electrons. The molecule has 0 saturated carbocycles. The topological polar surface area (TPSA) is 139 Å². The highest BCUT2D eigenvalue weighted by molar-refractivity contribution is 6.30. The van der Waals surface area contributed by atoms with Gasteiger partial charge in [0.25, 0.3) is 5.91 Å². The van der Waals surface area contributed by atoms with E-state index in [4.69, 9.17) is 22.4 Å². The van der Waals surface area contributed by atoms with E-state index in [1.807, 2.05) is 0 Å². The number of carbonyl (C=O) groups excluding carboxylic acids is 2. The molecule has 28 heavy (non-hydrogen) atoms. The van der Waals surface area contributed by atoms with Crippen LogP contribution in [0, 0.1) is 10.8 Å². The Hall–Kier alpha value is -3.52. The quantitative estimate of drug-likeness (QED) is 0.344. The Bertz CT molecular complexity index is 923. The molecule has 0 bridgehead atoms. The lowest BCUT2D eigenvalue weighted by atomic mass is 10.0. The molecule has 2 aromatic rings. The van der Waals surface area contributed by atoms with Crippen molar-refractivity contribution in [1.29, 1.82) is 10.8 Å². The van der Waals surface area contributed by atoms with Crippen LogP contribution >= 0.6 is 11.6 Å². The molecule has 1 aromatic carbocycles. The Balaban J connectivity index is 2.11. The van der Waals surface area contributed by atoms with Gasteiger partial charge >= 0.3 is 0 Å². The highest BCUT2D eigenvalue weighted by Gasteiger charge is 2.24. The molecular weight excluding hydrogens is 382 g/mol. The second kappa shape index (κ2) is 8.92. The molecule has 0 aliphatic carbocycles. The van der Waals surface area contributed by atoms with E-state index in [0.717, 1.165) is 12.4 Å². The number of phenolic OH excluding ortho intramolecular Hbond substituents is 1. The molecule has 0 atom stereocenters. The first-order valence-electron chi connectivity index (χ1n) is 8.05. The second-order valence-electron chi connectivity index (χ2n) is 5.81. The lowest BCUT2D eigenvalue weighted by Gasteiger charge is -2.21. The van der Waals surface area contributed by atoms with E-state index < -0.39 is 17.4 Å². The van der Waals surface area contributed by atoms with Gasteiger partial charge in [-0.15, -0.1) is 0 Å². The van der Waals surface area contributed by atoms with Gasteiger partial charge in [-0.3, -0.25) is 14.6 Å². The minimum atomic E-state index is -1.41. The van der Waals surface area contributed by atoms with Crippen molar-refractivity contribution in [3.8, 4) is 5.75 Å². The van der Waals surface area contributed by atoms with E-state index in [2.05, 4.69) is 22.2 Å². The smallest absolute Gasteiger partial charge is 0.271 e. The number of hydrogen-bond donors (Lipinski definition) is 5. The molecule has 0 unspecified atom stereocenters. The van der Waals surface area contributed by atoms with E-state index in [9.17, 15) is 14.7 Å². The first-order chi connectivity index (χ1) is 13.3. The molecule has 8 nitrogen and oxygen atoms in total. The van der Waals surface area contributed by atoms with E-state index in [-0.39, 0.29) is 17.9 Å². The predicted octanol–water partition coefficient (Wildman–Crippen LogP) is 2.58. The third-order valence-electron chi connectivity index (χ3n) is 3.82. The zero-order valence-corrected chi connectivity index (χ0v) is 15.5. The second-order valence-corrected chi connectivity index (χ2v) is 6.24. The van der Waals surface area contributed by atoms with Crippen molar-refractivity contribution in [3.05, 3.63) is 65.5 Å². The van der Waals surface area contributed by atoms with Crippen LogP contribution in [0.3, 0.4) is 0 Å². The maximum atomic E-state index is 12.4. The highest BCUT2D eigenvalue weighted by Crippen LogP contribution is 2.22. The Morgan fingerprint density at radius 2 is 1.96 bits per heavy atom. The lowest BCUT2D eigenvalue weighted by Crippen LogP contribution is -2.49. The number of carbonyl (C=O) groups is 2. The van der Waals surface area contributed by atoms with Crippen molar-refractivity contribution < 1.29 is 14.7 Å². The van der Waals surface area contributed by atoms with E-state index in [1.165, 1.54) is 30.5 Å². The van der Waals surface area contributed by atoms with Crippen LogP contribution in [0.4, 0.5) is 5.69 Å². The van der Waals surface area contributed by atoms with E-state index in [0.29, 0.717) is 16.3 Å². The molecule has 1 aromatic heterocycles. The molecule has 1 heterocycles. The molecule has 2 rings (SSSR count). The van der Waals surface area contributed by atoms with Gasteiger partial charge in [0.15, 0.2) is 0 Å². The summed E-state index contributed by atoms with van der Waals surface area (Å²) in [7, 11) is 0. The number of nitrogens with one attached hydrogen (secondary N) is 4. The summed E-state index contributed by atoms with van der Waals surface area (Å²) in [6.07, 6.45) is 4.24. The summed E-state index contributed by atoms with van der Waals surface area (Å²) in [6.45, 7) is 3.51. The molecule has 144 valence electrons. The average molecular weight is 400 g/mol. The van der Waals surface area contributed by atoms with E-state index in [1.54, 1.807) is 12.1 Å². The van der Waals surface area contributed by atoms with Crippen molar-refractivity contribution in [2.24, 2.45) is 0 Å². The Morgan fingerprint density at radius 1 is 1.25 bits per heavy atom. The van der Waals surface area contributed by atoms with Crippen LogP contribution in [0.1, 0.15) is 16.1 Å². The summed E-state index contributed by atoms with van der Waals surface area (Å²) >= 11 is 5.77. The summed E-state index contributed by atoms with van der Waals surface area (Å²) < 4.78 is 0. The minimum Gasteiger partial charge on any atom is -0.508 e. The van der Waals surface area contributed by atoms with Crippen LogP contribution in [-0.2, 0) is 11.2 Å². The van der Waals surface area contributed by atoms with Crippen molar-refractivity contribution in [3.63, 3.8) is 0 Å². The van der Waals surface area contributed by atoms with Crippen molar-refractivity contribution >= 4 is 41.5 Å². The van der Waals surface area contributed by atoms with Crippen molar-refractivity contribution in [1.82, 2.24) is 10.3 Å². The molecule has 5 N–H and O–H groups in total. The number of phenols is 1. The molecule has 2 amide bonds.